The van der Waals surface area contributed by atoms with Crippen LogP contribution in [0.15, 0.2) is 11.6 Å². The van der Waals surface area contributed by atoms with E-state index in [1.165, 1.54) is 0 Å². The first-order valence-corrected chi connectivity index (χ1v) is 3.36. The molecule has 0 spiro atoms. The van der Waals surface area contributed by atoms with Crippen LogP contribution >= 0.6 is 0 Å². The van der Waals surface area contributed by atoms with E-state index in [1.807, 2.05) is 26.0 Å². The second-order valence-corrected chi connectivity index (χ2v) is 3.37. The lowest BCUT2D eigenvalue weighted by molar-refractivity contribution is 0.101. The maximum Gasteiger partial charge on any atom is 0.0971 e. The summed E-state index contributed by atoms with van der Waals surface area (Å²) >= 11 is 0. The van der Waals surface area contributed by atoms with Gasteiger partial charge in [0.05, 0.1) is 17.7 Å². The summed E-state index contributed by atoms with van der Waals surface area (Å²) in [5.74, 6) is 0. The number of hydrogen-bond acceptors (Lipinski definition) is 2. The third kappa shape index (κ3) is 0.932. The third-order valence-electron chi connectivity index (χ3n) is 2.01. The van der Waals surface area contributed by atoms with Crippen LogP contribution < -0.4 is 0 Å². The highest BCUT2D eigenvalue weighted by Crippen LogP contribution is 2.36. The summed E-state index contributed by atoms with van der Waals surface area (Å²) in [4.78, 5) is 0. The molecule has 1 rings (SSSR count). The maximum absolute atomic E-state index is 9.43. The van der Waals surface area contributed by atoms with E-state index in [2.05, 4.69) is 0 Å². The number of hydrogen-bond donors (Lipinski definition) is 1. The van der Waals surface area contributed by atoms with Crippen molar-refractivity contribution < 1.29 is 5.11 Å². The van der Waals surface area contributed by atoms with Gasteiger partial charge in [-0.2, -0.15) is 5.26 Å². The molecule has 54 valence electrons. The van der Waals surface area contributed by atoms with Crippen LogP contribution in [0.25, 0.3) is 0 Å². The van der Waals surface area contributed by atoms with Crippen LogP contribution in [0.5, 0.6) is 0 Å². The Balaban J connectivity index is 2.82. The second kappa shape index (κ2) is 2.10. The van der Waals surface area contributed by atoms with E-state index < -0.39 is 6.10 Å². The van der Waals surface area contributed by atoms with Gasteiger partial charge in [0.25, 0.3) is 0 Å². The van der Waals surface area contributed by atoms with Crippen molar-refractivity contribution in [2.75, 3.05) is 0 Å². The molecule has 2 nitrogen and oxygen atoms in total. The van der Waals surface area contributed by atoms with Gasteiger partial charge < -0.3 is 5.11 Å². The van der Waals surface area contributed by atoms with Crippen LogP contribution in [0, 0.1) is 16.7 Å². The van der Waals surface area contributed by atoms with Crippen molar-refractivity contribution in [1.82, 2.24) is 0 Å². The van der Waals surface area contributed by atoms with Crippen molar-refractivity contribution in [3.63, 3.8) is 0 Å². The predicted molar refractivity (Wildman–Crippen MR) is 38.1 cm³/mol. The van der Waals surface area contributed by atoms with Gasteiger partial charge in [-0.3, -0.25) is 0 Å². The van der Waals surface area contributed by atoms with Gasteiger partial charge in [-0.05, 0) is 11.8 Å². The molecule has 1 atom stereocenters. The zero-order valence-corrected chi connectivity index (χ0v) is 6.26. The summed E-state index contributed by atoms with van der Waals surface area (Å²) in [7, 11) is 0. The van der Waals surface area contributed by atoms with Gasteiger partial charge >= 0.3 is 0 Å². The fourth-order valence-corrected chi connectivity index (χ4v) is 1.12. The molecule has 0 aromatic rings. The Bertz CT molecular complexity index is 210. The average molecular weight is 137 g/mol. The monoisotopic (exact) mass is 137 g/mol. The third-order valence-corrected chi connectivity index (χ3v) is 2.01. The largest absolute Gasteiger partial charge is 0.387 e. The number of nitrogens with zero attached hydrogens (tertiary/aromatic N) is 1. The molecule has 0 amide bonds. The number of aliphatic hydroxyl groups is 1. The van der Waals surface area contributed by atoms with Crippen molar-refractivity contribution in [2.45, 2.75) is 26.4 Å². The van der Waals surface area contributed by atoms with Crippen molar-refractivity contribution >= 4 is 0 Å². The Morgan fingerprint density at radius 1 is 1.80 bits per heavy atom. The number of allylic oxidation sites excluding steroid dienone is 1. The highest BCUT2D eigenvalue weighted by atomic mass is 16.3. The molecule has 10 heavy (non-hydrogen) atoms. The van der Waals surface area contributed by atoms with Crippen molar-refractivity contribution in [3.8, 4) is 6.07 Å². The number of nitriles is 1. The molecule has 0 aromatic heterocycles. The quantitative estimate of drug-likeness (QED) is 0.545. The second-order valence-electron chi connectivity index (χ2n) is 3.37. The van der Waals surface area contributed by atoms with Crippen LogP contribution in [-0.2, 0) is 0 Å². The first-order chi connectivity index (χ1) is 4.58. The SMILES string of the molecule is CC1(C)CC=C(C#N)C1O. The number of aliphatic hydroxyl groups excluding tert-OH is 1. The number of rotatable bonds is 0. The topological polar surface area (TPSA) is 44.0 Å². The minimum absolute atomic E-state index is 0.134. The first-order valence-electron chi connectivity index (χ1n) is 3.36. The highest BCUT2D eigenvalue weighted by molar-refractivity contribution is 5.32. The van der Waals surface area contributed by atoms with Crippen molar-refractivity contribution in [3.05, 3.63) is 11.6 Å². The summed E-state index contributed by atoms with van der Waals surface area (Å²) in [6, 6.07) is 1.98. The molecule has 0 bridgehead atoms. The summed E-state index contributed by atoms with van der Waals surface area (Å²) < 4.78 is 0. The lowest BCUT2D eigenvalue weighted by atomic mass is 9.87. The smallest absolute Gasteiger partial charge is 0.0971 e. The Labute approximate surface area is 60.8 Å². The Hall–Kier alpha value is -0.810. The van der Waals surface area contributed by atoms with E-state index >= 15 is 0 Å². The summed E-state index contributed by atoms with van der Waals surface area (Å²) in [6.45, 7) is 3.91. The molecule has 0 saturated carbocycles. The fraction of sp³-hybridized carbons (Fsp3) is 0.625. The summed E-state index contributed by atoms with van der Waals surface area (Å²) in [6.07, 6.45) is 2.05. The minimum atomic E-state index is -0.558. The van der Waals surface area contributed by atoms with Crippen molar-refractivity contribution in [2.24, 2.45) is 5.41 Å². The van der Waals surface area contributed by atoms with Crippen LogP contribution in [0.4, 0.5) is 0 Å². The molecule has 1 aliphatic carbocycles. The van der Waals surface area contributed by atoms with Gasteiger partial charge in [0.2, 0.25) is 0 Å². The molecule has 0 radical (unpaired) electrons. The molecule has 0 saturated heterocycles. The van der Waals surface area contributed by atoms with Gasteiger partial charge in [-0.1, -0.05) is 19.9 Å². The van der Waals surface area contributed by atoms with E-state index in [1.54, 1.807) is 0 Å². The lowest BCUT2D eigenvalue weighted by Gasteiger charge is -2.22. The molecule has 0 heterocycles. The lowest BCUT2D eigenvalue weighted by Crippen LogP contribution is -2.25. The van der Waals surface area contributed by atoms with Crippen LogP contribution in [0.1, 0.15) is 20.3 Å². The standard InChI is InChI=1S/C8H11NO/c1-8(2)4-3-6(5-9)7(8)10/h3,7,10H,4H2,1-2H3. The van der Waals surface area contributed by atoms with E-state index in [0.717, 1.165) is 6.42 Å². The molecule has 0 aliphatic heterocycles. The van der Waals surface area contributed by atoms with Gasteiger partial charge in [0.15, 0.2) is 0 Å². The summed E-state index contributed by atoms with van der Waals surface area (Å²) in [5, 5.41) is 17.9. The molecular weight excluding hydrogens is 126 g/mol. The van der Waals surface area contributed by atoms with Gasteiger partial charge in [-0.15, -0.1) is 0 Å². The molecule has 1 aliphatic rings. The fourth-order valence-electron chi connectivity index (χ4n) is 1.12. The molecule has 1 N–H and O–H groups in total. The Morgan fingerprint density at radius 3 is 2.60 bits per heavy atom. The van der Waals surface area contributed by atoms with Gasteiger partial charge in [-0.25, -0.2) is 0 Å². The first kappa shape index (κ1) is 7.30. The zero-order valence-electron chi connectivity index (χ0n) is 6.26. The van der Waals surface area contributed by atoms with Crippen molar-refractivity contribution in [1.29, 1.82) is 5.26 Å². The van der Waals surface area contributed by atoms with Crippen LogP contribution in [0.3, 0.4) is 0 Å². The summed E-state index contributed by atoms with van der Waals surface area (Å²) in [5.41, 5.74) is 0.385. The van der Waals surface area contributed by atoms with Gasteiger partial charge in [0.1, 0.15) is 0 Å². The minimum Gasteiger partial charge on any atom is -0.387 e. The average Bonchev–Trinajstić information content (AvgIpc) is 2.10. The van der Waals surface area contributed by atoms with Crippen LogP contribution in [-0.4, -0.2) is 11.2 Å². The maximum atomic E-state index is 9.43. The van der Waals surface area contributed by atoms with E-state index in [9.17, 15) is 5.11 Å². The molecule has 0 fully saturated rings. The van der Waals surface area contributed by atoms with Gasteiger partial charge in [0, 0.05) is 0 Å². The predicted octanol–water partition coefficient (Wildman–Crippen LogP) is 1.23. The normalized spacial score (nSPS) is 29.4. The Kier molecular flexibility index (Phi) is 1.53. The van der Waals surface area contributed by atoms with E-state index in [4.69, 9.17) is 5.26 Å². The van der Waals surface area contributed by atoms with E-state index in [0.29, 0.717) is 5.57 Å². The van der Waals surface area contributed by atoms with Crippen LogP contribution in [0.2, 0.25) is 0 Å². The van der Waals surface area contributed by atoms with E-state index in [-0.39, 0.29) is 5.41 Å². The molecule has 1 unspecified atom stereocenters. The molecule has 0 aromatic carbocycles. The highest BCUT2D eigenvalue weighted by Gasteiger charge is 2.34. The zero-order chi connectivity index (χ0) is 7.78. The molecule has 2 heteroatoms. The molecular formula is C8H11NO. The Morgan fingerprint density at radius 2 is 2.40 bits per heavy atom.